The number of nitrogens with zero attached hydrogens (tertiary/aromatic N) is 2. The van der Waals surface area contributed by atoms with Crippen LogP contribution in [0.2, 0.25) is 0 Å². The fraction of sp³-hybridized carbons (Fsp3) is 0.524. The third-order valence-corrected chi connectivity index (χ3v) is 4.92. The average molecular weight is 358 g/mol. The Kier molecular flexibility index (Phi) is 6.72. The lowest BCUT2D eigenvalue weighted by Crippen LogP contribution is -2.39. The Morgan fingerprint density at radius 2 is 2.15 bits per heavy atom. The smallest absolute Gasteiger partial charge is 0.122 e. The summed E-state index contributed by atoms with van der Waals surface area (Å²) in [7, 11) is 2.05. The Balaban J connectivity index is 1.56. The Morgan fingerprint density at radius 1 is 1.31 bits per heavy atom. The van der Waals surface area contributed by atoms with E-state index in [-0.39, 0.29) is 6.10 Å². The molecule has 0 bridgehead atoms. The first-order valence-electron chi connectivity index (χ1n) is 9.42. The van der Waals surface area contributed by atoms with E-state index in [9.17, 15) is 5.11 Å². The summed E-state index contributed by atoms with van der Waals surface area (Å²) in [6.07, 6.45) is 3.99. The van der Waals surface area contributed by atoms with Crippen LogP contribution in [0.25, 0.3) is 0 Å². The van der Waals surface area contributed by atoms with Crippen molar-refractivity contribution in [1.29, 1.82) is 0 Å². The lowest BCUT2D eigenvalue weighted by molar-refractivity contribution is 0.0305. The number of rotatable bonds is 9. The molecule has 0 radical (unpaired) electrons. The van der Waals surface area contributed by atoms with E-state index in [2.05, 4.69) is 34.8 Å². The largest absolute Gasteiger partial charge is 0.491 e. The van der Waals surface area contributed by atoms with E-state index < -0.39 is 6.10 Å². The molecule has 1 aliphatic heterocycles. The van der Waals surface area contributed by atoms with E-state index in [1.54, 1.807) is 0 Å². The monoisotopic (exact) mass is 358 g/mol. The number of ether oxygens (including phenoxy) is 2. The highest BCUT2D eigenvalue weighted by atomic mass is 16.5. The van der Waals surface area contributed by atoms with Crippen molar-refractivity contribution in [3.63, 3.8) is 0 Å². The van der Waals surface area contributed by atoms with Gasteiger partial charge in [0.15, 0.2) is 0 Å². The van der Waals surface area contributed by atoms with E-state index in [0.29, 0.717) is 13.2 Å². The van der Waals surface area contributed by atoms with Crippen LogP contribution in [-0.2, 0) is 18.3 Å². The first-order valence-corrected chi connectivity index (χ1v) is 9.42. The van der Waals surface area contributed by atoms with Gasteiger partial charge in [0.2, 0.25) is 0 Å². The molecular weight excluding hydrogens is 328 g/mol. The standard InChI is InChI=1S/C21H30N2O3/c1-17-7-3-4-10-21(17)26-16-19(24)14-23(15-20-9-6-12-25-20)13-18-8-5-11-22(18)2/h3-5,7-8,10-11,19-20,24H,6,9,12-16H2,1-2H3/t19-,20-/m0/s1. The predicted octanol–water partition coefficient (Wildman–Crippen LogP) is 2.75. The van der Waals surface area contributed by atoms with Crippen molar-refractivity contribution in [3.8, 4) is 5.75 Å². The Hall–Kier alpha value is -1.82. The number of aliphatic hydroxyl groups is 1. The summed E-state index contributed by atoms with van der Waals surface area (Å²) in [6.45, 7) is 5.36. The predicted molar refractivity (Wildman–Crippen MR) is 102 cm³/mol. The number of aromatic nitrogens is 1. The van der Waals surface area contributed by atoms with Crippen LogP contribution in [0, 0.1) is 6.92 Å². The molecule has 0 unspecified atom stereocenters. The number of aryl methyl sites for hydroxylation is 2. The van der Waals surface area contributed by atoms with Gasteiger partial charge in [-0.15, -0.1) is 0 Å². The lowest BCUT2D eigenvalue weighted by Gasteiger charge is -2.27. The molecule has 1 aliphatic rings. The summed E-state index contributed by atoms with van der Waals surface area (Å²) in [5.41, 5.74) is 2.31. The van der Waals surface area contributed by atoms with Gasteiger partial charge in [-0.25, -0.2) is 0 Å². The zero-order valence-electron chi connectivity index (χ0n) is 15.8. The number of benzene rings is 1. The Bertz CT molecular complexity index is 679. The van der Waals surface area contributed by atoms with Gasteiger partial charge >= 0.3 is 0 Å². The number of hydrogen-bond donors (Lipinski definition) is 1. The van der Waals surface area contributed by atoms with Crippen LogP contribution in [0.4, 0.5) is 0 Å². The lowest BCUT2D eigenvalue weighted by atomic mass is 10.2. The van der Waals surface area contributed by atoms with Gasteiger partial charge in [-0.2, -0.15) is 0 Å². The molecule has 0 spiro atoms. The van der Waals surface area contributed by atoms with Crippen LogP contribution >= 0.6 is 0 Å². The van der Waals surface area contributed by atoms with Gasteiger partial charge in [0.1, 0.15) is 18.5 Å². The van der Waals surface area contributed by atoms with E-state index in [1.807, 2.05) is 31.2 Å². The topological polar surface area (TPSA) is 46.9 Å². The summed E-state index contributed by atoms with van der Waals surface area (Å²) in [5.74, 6) is 0.833. The number of hydrogen-bond acceptors (Lipinski definition) is 4. The molecule has 1 aromatic heterocycles. The zero-order chi connectivity index (χ0) is 18.4. The summed E-state index contributed by atoms with van der Waals surface area (Å²) < 4.78 is 13.7. The van der Waals surface area contributed by atoms with E-state index in [0.717, 1.165) is 43.9 Å². The average Bonchev–Trinajstić information content (AvgIpc) is 3.26. The van der Waals surface area contributed by atoms with Crippen molar-refractivity contribution in [1.82, 2.24) is 9.47 Å². The van der Waals surface area contributed by atoms with Crippen molar-refractivity contribution in [2.24, 2.45) is 7.05 Å². The van der Waals surface area contributed by atoms with Gasteiger partial charge in [-0.1, -0.05) is 18.2 Å². The van der Waals surface area contributed by atoms with E-state index in [4.69, 9.17) is 9.47 Å². The second-order valence-electron chi connectivity index (χ2n) is 7.17. The second-order valence-corrected chi connectivity index (χ2v) is 7.17. The van der Waals surface area contributed by atoms with Crippen LogP contribution in [0.1, 0.15) is 24.1 Å². The van der Waals surface area contributed by atoms with Gasteiger partial charge in [0, 0.05) is 45.2 Å². The molecule has 5 nitrogen and oxygen atoms in total. The molecule has 2 heterocycles. The highest BCUT2D eigenvalue weighted by Crippen LogP contribution is 2.18. The fourth-order valence-electron chi connectivity index (χ4n) is 3.42. The molecule has 0 saturated carbocycles. The van der Waals surface area contributed by atoms with Crippen LogP contribution in [-0.4, -0.2) is 53.1 Å². The summed E-state index contributed by atoms with van der Waals surface area (Å²) in [6, 6.07) is 12.1. The second kappa shape index (κ2) is 9.21. The summed E-state index contributed by atoms with van der Waals surface area (Å²) in [5, 5.41) is 10.5. The van der Waals surface area contributed by atoms with Gasteiger partial charge in [0.25, 0.3) is 0 Å². The molecule has 5 heteroatoms. The molecule has 26 heavy (non-hydrogen) atoms. The van der Waals surface area contributed by atoms with Crippen LogP contribution < -0.4 is 4.74 Å². The maximum absolute atomic E-state index is 10.5. The molecule has 0 amide bonds. The molecular formula is C21H30N2O3. The van der Waals surface area contributed by atoms with Gasteiger partial charge in [-0.05, 0) is 43.5 Å². The van der Waals surface area contributed by atoms with Crippen molar-refractivity contribution in [2.45, 2.75) is 38.5 Å². The van der Waals surface area contributed by atoms with Crippen LogP contribution in [0.3, 0.4) is 0 Å². The summed E-state index contributed by atoms with van der Waals surface area (Å²) >= 11 is 0. The van der Waals surface area contributed by atoms with Crippen molar-refractivity contribution >= 4 is 0 Å². The Labute approximate surface area is 156 Å². The maximum atomic E-state index is 10.5. The highest BCUT2D eigenvalue weighted by Gasteiger charge is 2.22. The first kappa shape index (κ1) is 19.0. The van der Waals surface area contributed by atoms with E-state index >= 15 is 0 Å². The van der Waals surface area contributed by atoms with Crippen molar-refractivity contribution < 1.29 is 14.6 Å². The third-order valence-electron chi connectivity index (χ3n) is 4.92. The molecule has 142 valence electrons. The van der Waals surface area contributed by atoms with Crippen molar-refractivity contribution in [3.05, 3.63) is 53.9 Å². The fourth-order valence-corrected chi connectivity index (χ4v) is 3.42. The molecule has 1 fully saturated rings. The zero-order valence-corrected chi connectivity index (χ0v) is 15.8. The number of aliphatic hydroxyl groups excluding tert-OH is 1. The van der Waals surface area contributed by atoms with Crippen LogP contribution in [0.15, 0.2) is 42.6 Å². The molecule has 1 N–H and O–H groups in total. The molecule has 2 aromatic rings. The molecule has 1 saturated heterocycles. The Morgan fingerprint density at radius 3 is 2.85 bits per heavy atom. The molecule has 0 aliphatic carbocycles. The van der Waals surface area contributed by atoms with Crippen molar-refractivity contribution in [2.75, 3.05) is 26.3 Å². The minimum absolute atomic E-state index is 0.264. The van der Waals surface area contributed by atoms with E-state index in [1.165, 1.54) is 5.69 Å². The number of para-hydroxylation sites is 1. The van der Waals surface area contributed by atoms with Crippen LogP contribution in [0.5, 0.6) is 5.75 Å². The third kappa shape index (κ3) is 5.34. The van der Waals surface area contributed by atoms with Gasteiger partial charge in [-0.3, -0.25) is 4.90 Å². The quantitative estimate of drug-likeness (QED) is 0.749. The van der Waals surface area contributed by atoms with Gasteiger partial charge in [0.05, 0.1) is 6.10 Å². The molecule has 1 aromatic carbocycles. The minimum Gasteiger partial charge on any atom is -0.491 e. The first-order chi connectivity index (χ1) is 12.6. The molecule has 2 atom stereocenters. The highest BCUT2D eigenvalue weighted by molar-refractivity contribution is 5.31. The maximum Gasteiger partial charge on any atom is 0.122 e. The van der Waals surface area contributed by atoms with Gasteiger partial charge < -0.3 is 19.1 Å². The molecule has 3 rings (SSSR count). The minimum atomic E-state index is -0.545. The normalized spacial score (nSPS) is 18.4. The SMILES string of the molecule is Cc1ccccc1OC[C@@H](O)CN(Cc1cccn1C)C[C@@H]1CCCO1. The summed E-state index contributed by atoms with van der Waals surface area (Å²) in [4.78, 5) is 2.27.